The molecule has 0 aromatic carbocycles. The van der Waals surface area contributed by atoms with Gasteiger partial charge in [0.05, 0.1) is 0 Å². The van der Waals surface area contributed by atoms with Gasteiger partial charge in [-0.25, -0.2) is 0 Å². The van der Waals surface area contributed by atoms with E-state index in [0.29, 0.717) is 25.9 Å². The van der Waals surface area contributed by atoms with Crippen LogP contribution in [0.4, 0.5) is 0 Å². The lowest BCUT2D eigenvalue weighted by Crippen LogP contribution is -2.49. The van der Waals surface area contributed by atoms with Gasteiger partial charge in [0.1, 0.15) is 12.5 Å². The lowest BCUT2D eigenvalue weighted by atomic mass is 10.0. The van der Waals surface area contributed by atoms with Gasteiger partial charge < -0.3 is 20.1 Å². The van der Waals surface area contributed by atoms with E-state index in [1.807, 2.05) is 0 Å². The van der Waals surface area contributed by atoms with Crippen LogP contribution in [0.2, 0.25) is 0 Å². The fourth-order valence-electron chi connectivity index (χ4n) is 2.02. The Morgan fingerprint density at radius 1 is 1.37 bits per heavy atom. The molecule has 0 spiro atoms. The number of aliphatic carboxylic acids is 1. The maximum absolute atomic E-state index is 11.8. The second-order valence-electron chi connectivity index (χ2n) is 4.66. The first-order valence-electron chi connectivity index (χ1n) is 6.25. The molecular formula is C12H20N2O5. The zero-order valence-electron chi connectivity index (χ0n) is 11.2. The molecular weight excluding hydrogens is 252 g/mol. The number of methoxy groups -OCH3 is 1. The van der Waals surface area contributed by atoms with Crippen LogP contribution in [-0.2, 0) is 19.1 Å². The maximum atomic E-state index is 11.8. The quantitative estimate of drug-likeness (QED) is 0.655. The van der Waals surface area contributed by atoms with Gasteiger partial charge in [0.25, 0.3) is 0 Å². The van der Waals surface area contributed by atoms with Gasteiger partial charge in [-0.3, -0.25) is 14.4 Å². The van der Waals surface area contributed by atoms with E-state index in [4.69, 9.17) is 9.84 Å². The molecule has 1 aliphatic rings. The average molecular weight is 272 g/mol. The molecule has 1 heterocycles. The summed E-state index contributed by atoms with van der Waals surface area (Å²) >= 11 is 0. The molecule has 1 fully saturated rings. The van der Waals surface area contributed by atoms with E-state index in [-0.39, 0.29) is 24.5 Å². The van der Waals surface area contributed by atoms with Crippen LogP contribution in [0.3, 0.4) is 0 Å². The first-order chi connectivity index (χ1) is 8.95. The van der Waals surface area contributed by atoms with Crippen LogP contribution in [0.1, 0.15) is 19.8 Å². The minimum Gasteiger partial charge on any atom is -0.481 e. The van der Waals surface area contributed by atoms with Crippen molar-refractivity contribution >= 4 is 17.8 Å². The van der Waals surface area contributed by atoms with Crippen LogP contribution < -0.4 is 5.32 Å². The Hall–Kier alpha value is -1.63. The van der Waals surface area contributed by atoms with Gasteiger partial charge in [-0.2, -0.15) is 0 Å². The summed E-state index contributed by atoms with van der Waals surface area (Å²) in [5.41, 5.74) is 0. The lowest BCUT2D eigenvalue weighted by molar-refractivity contribution is -0.150. The van der Waals surface area contributed by atoms with Gasteiger partial charge in [-0.1, -0.05) is 0 Å². The maximum Gasteiger partial charge on any atom is 0.315 e. The minimum atomic E-state index is -1.11. The van der Waals surface area contributed by atoms with Crippen LogP contribution in [0.5, 0.6) is 0 Å². The van der Waals surface area contributed by atoms with Crippen molar-refractivity contribution in [2.45, 2.75) is 25.8 Å². The number of nitrogens with zero attached hydrogens (tertiary/aromatic N) is 1. The monoisotopic (exact) mass is 272 g/mol. The highest BCUT2D eigenvalue weighted by Gasteiger charge is 2.29. The Balaban J connectivity index is 2.38. The molecule has 0 saturated carbocycles. The van der Waals surface area contributed by atoms with Crippen LogP contribution in [0.15, 0.2) is 0 Å². The van der Waals surface area contributed by atoms with E-state index in [9.17, 15) is 14.4 Å². The largest absolute Gasteiger partial charge is 0.481 e. The topological polar surface area (TPSA) is 95.9 Å². The van der Waals surface area contributed by atoms with Gasteiger partial charge in [0.15, 0.2) is 0 Å². The molecule has 0 aromatic rings. The number of rotatable bonds is 5. The summed E-state index contributed by atoms with van der Waals surface area (Å²) in [4.78, 5) is 35.4. The van der Waals surface area contributed by atoms with E-state index in [2.05, 4.69) is 5.32 Å². The molecule has 0 aromatic heterocycles. The second-order valence-corrected chi connectivity index (χ2v) is 4.66. The third kappa shape index (κ3) is 4.51. The van der Waals surface area contributed by atoms with E-state index < -0.39 is 11.9 Å². The fraction of sp³-hybridized carbons (Fsp3) is 0.750. The SMILES string of the molecule is COCC(=O)NC1CCN(C(=O)C(C)C(=O)O)CC1. The first-order valence-corrected chi connectivity index (χ1v) is 6.25. The van der Waals surface area contributed by atoms with Crippen LogP contribution in [0.25, 0.3) is 0 Å². The third-order valence-electron chi connectivity index (χ3n) is 3.19. The highest BCUT2D eigenvalue weighted by Crippen LogP contribution is 2.13. The van der Waals surface area contributed by atoms with Gasteiger partial charge in [-0.05, 0) is 19.8 Å². The molecule has 7 heteroatoms. The van der Waals surface area contributed by atoms with Crippen LogP contribution in [0, 0.1) is 5.92 Å². The van der Waals surface area contributed by atoms with Crippen molar-refractivity contribution in [3.05, 3.63) is 0 Å². The molecule has 2 amide bonds. The van der Waals surface area contributed by atoms with Crippen LogP contribution in [-0.4, -0.2) is 60.6 Å². The highest BCUT2D eigenvalue weighted by molar-refractivity contribution is 5.96. The summed E-state index contributed by atoms with van der Waals surface area (Å²) in [5, 5.41) is 11.6. The van der Waals surface area contributed by atoms with Gasteiger partial charge in [0, 0.05) is 26.2 Å². The highest BCUT2D eigenvalue weighted by atomic mass is 16.5. The average Bonchev–Trinajstić information content (AvgIpc) is 2.38. The predicted octanol–water partition coefficient (Wildman–Crippen LogP) is -0.539. The molecule has 2 N–H and O–H groups in total. The number of carbonyl (C=O) groups is 3. The zero-order valence-corrected chi connectivity index (χ0v) is 11.2. The summed E-state index contributed by atoms with van der Waals surface area (Å²) in [6.45, 7) is 2.34. The summed E-state index contributed by atoms with van der Waals surface area (Å²) in [5.74, 6) is -2.67. The van der Waals surface area contributed by atoms with Crippen molar-refractivity contribution in [3.63, 3.8) is 0 Å². The van der Waals surface area contributed by atoms with E-state index in [1.54, 1.807) is 0 Å². The molecule has 1 aliphatic heterocycles. The summed E-state index contributed by atoms with van der Waals surface area (Å²) in [6.07, 6.45) is 1.26. The van der Waals surface area contributed by atoms with Crippen molar-refractivity contribution in [2.75, 3.05) is 26.8 Å². The Labute approximate surface area is 111 Å². The summed E-state index contributed by atoms with van der Waals surface area (Å²) in [6, 6.07) is 0.0202. The van der Waals surface area contributed by atoms with Crippen molar-refractivity contribution in [3.8, 4) is 0 Å². The molecule has 19 heavy (non-hydrogen) atoms. The predicted molar refractivity (Wildman–Crippen MR) is 66.4 cm³/mol. The molecule has 1 unspecified atom stereocenters. The van der Waals surface area contributed by atoms with Crippen LogP contribution >= 0.6 is 0 Å². The Bertz CT molecular complexity index is 350. The Morgan fingerprint density at radius 3 is 2.42 bits per heavy atom. The smallest absolute Gasteiger partial charge is 0.315 e. The van der Waals surface area contributed by atoms with Crippen molar-refractivity contribution in [1.82, 2.24) is 10.2 Å². The van der Waals surface area contributed by atoms with Crippen molar-refractivity contribution in [1.29, 1.82) is 0 Å². The van der Waals surface area contributed by atoms with E-state index in [1.165, 1.54) is 18.9 Å². The van der Waals surface area contributed by atoms with Crippen molar-refractivity contribution < 1.29 is 24.2 Å². The van der Waals surface area contributed by atoms with Crippen molar-refractivity contribution in [2.24, 2.45) is 5.92 Å². The number of amides is 2. The number of carboxylic acids is 1. The number of hydrogen-bond donors (Lipinski definition) is 2. The number of piperidine rings is 1. The summed E-state index contributed by atoms with van der Waals surface area (Å²) < 4.78 is 4.72. The number of hydrogen-bond acceptors (Lipinski definition) is 4. The molecule has 0 aliphatic carbocycles. The van der Waals surface area contributed by atoms with Gasteiger partial charge >= 0.3 is 5.97 Å². The molecule has 0 radical (unpaired) electrons. The van der Waals surface area contributed by atoms with E-state index >= 15 is 0 Å². The van der Waals surface area contributed by atoms with E-state index in [0.717, 1.165) is 0 Å². The number of carboxylic acid groups (broad SMARTS) is 1. The fourth-order valence-corrected chi connectivity index (χ4v) is 2.02. The normalized spacial score (nSPS) is 17.9. The number of likely N-dealkylation sites (tertiary alicyclic amines) is 1. The molecule has 7 nitrogen and oxygen atoms in total. The number of nitrogens with one attached hydrogen (secondary N) is 1. The van der Waals surface area contributed by atoms with Gasteiger partial charge in [-0.15, -0.1) is 0 Å². The third-order valence-corrected chi connectivity index (χ3v) is 3.19. The lowest BCUT2D eigenvalue weighted by Gasteiger charge is -2.33. The number of ether oxygens (including phenoxy) is 1. The Kier molecular flexibility index (Phi) is 5.75. The Morgan fingerprint density at radius 2 is 1.95 bits per heavy atom. The molecule has 1 saturated heterocycles. The molecule has 0 bridgehead atoms. The zero-order chi connectivity index (χ0) is 14.4. The molecule has 1 atom stereocenters. The minimum absolute atomic E-state index is 0.0202. The standard InChI is InChI=1S/C12H20N2O5/c1-8(12(17)18)11(16)14-5-3-9(4-6-14)13-10(15)7-19-2/h8-9H,3-7H2,1-2H3,(H,13,15)(H,17,18). The van der Waals surface area contributed by atoms with Gasteiger partial charge in [0.2, 0.25) is 11.8 Å². The molecule has 1 rings (SSSR count). The second kappa shape index (κ2) is 7.08. The summed E-state index contributed by atoms with van der Waals surface area (Å²) in [7, 11) is 1.45. The molecule has 108 valence electrons. The first kappa shape index (κ1) is 15.4. The number of carbonyl (C=O) groups excluding carboxylic acids is 2.